The third kappa shape index (κ3) is 3.51. The molecule has 0 amide bonds. The molecule has 0 spiro atoms. The van der Waals surface area contributed by atoms with Crippen molar-refractivity contribution >= 4 is 23.1 Å². The van der Waals surface area contributed by atoms with Crippen LogP contribution in [0.4, 0.5) is 5.82 Å². The average Bonchev–Trinajstić information content (AvgIpc) is 3.51. The van der Waals surface area contributed by atoms with Gasteiger partial charge in [0.25, 0.3) is 0 Å². The Morgan fingerprint density at radius 2 is 2.10 bits per heavy atom. The summed E-state index contributed by atoms with van der Waals surface area (Å²) in [4.78, 5) is 8.90. The smallest absolute Gasteiger partial charge is 0.162 e. The van der Waals surface area contributed by atoms with Crippen LogP contribution in [0.2, 0.25) is 5.15 Å². The van der Waals surface area contributed by atoms with Crippen molar-refractivity contribution < 1.29 is 4.74 Å². The van der Waals surface area contributed by atoms with E-state index in [1.807, 2.05) is 41.0 Å². The summed E-state index contributed by atoms with van der Waals surface area (Å²) in [6, 6.07) is 13.8. The van der Waals surface area contributed by atoms with Crippen LogP contribution in [0.25, 0.3) is 16.9 Å². The van der Waals surface area contributed by atoms with Gasteiger partial charge in [-0.2, -0.15) is 9.61 Å². The van der Waals surface area contributed by atoms with Crippen LogP contribution in [0.3, 0.4) is 0 Å². The molecule has 1 aliphatic rings. The molecule has 146 valence electrons. The number of hydrogen-bond donors (Lipinski definition) is 1. The quantitative estimate of drug-likeness (QED) is 0.460. The first-order chi connectivity index (χ1) is 14.2. The van der Waals surface area contributed by atoms with E-state index in [1.165, 1.54) is 18.4 Å². The van der Waals surface area contributed by atoms with Crippen LogP contribution in [0.5, 0.6) is 5.75 Å². The Morgan fingerprint density at radius 1 is 1.21 bits per heavy atom. The third-order valence-electron chi connectivity index (χ3n) is 5.17. The van der Waals surface area contributed by atoms with Gasteiger partial charge in [-0.3, -0.25) is 4.98 Å². The lowest BCUT2D eigenvalue weighted by Crippen LogP contribution is -2.06. The molecular weight excluding hydrogens is 386 g/mol. The maximum atomic E-state index is 6.28. The number of nitrogens with one attached hydrogen (secondary N) is 1. The second-order valence-electron chi connectivity index (χ2n) is 7.18. The Morgan fingerprint density at radius 3 is 2.86 bits per heavy atom. The van der Waals surface area contributed by atoms with E-state index in [4.69, 9.17) is 16.3 Å². The second kappa shape index (κ2) is 7.37. The fourth-order valence-corrected chi connectivity index (χ4v) is 3.71. The van der Waals surface area contributed by atoms with Crippen LogP contribution in [-0.4, -0.2) is 26.7 Å². The Labute approximate surface area is 173 Å². The maximum absolute atomic E-state index is 6.28. The molecule has 0 aliphatic heterocycles. The monoisotopic (exact) mass is 405 g/mol. The number of aromatic nitrogens is 4. The Bertz CT molecular complexity index is 1170. The number of halogens is 1. The highest BCUT2D eigenvalue weighted by Gasteiger charge is 2.28. The summed E-state index contributed by atoms with van der Waals surface area (Å²) < 4.78 is 7.43. The lowest BCUT2D eigenvalue weighted by atomic mass is 10.1. The van der Waals surface area contributed by atoms with E-state index in [1.54, 1.807) is 19.4 Å². The van der Waals surface area contributed by atoms with Gasteiger partial charge in [0.1, 0.15) is 16.7 Å². The first-order valence-corrected chi connectivity index (χ1v) is 9.97. The fraction of sp³-hybridized carbons (Fsp3) is 0.227. The zero-order valence-corrected chi connectivity index (χ0v) is 16.7. The van der Waals surface area contributed by atoms with Gasteiger partial charge >= 0.3 is 0 Å². The third-order valence-corrected chi connectivity index (χ3v) is 5.36. The molecule has 1 aromatic carbocycles. The molecule has 1 aliphatic carbocycles. The number of fused-ring (bicyclic) bond motifs is 1. The summed E-state index contributed by atoms with van der Waals surface area (Å²) in [5.74, 6) is 2.17. The van der Waals surface area contributed by atoms with E-state index in [2.05, 4.69) is 26.4 Å². The van der Waals surface area contributed by atoms with Crippen LogP contribution in [0.1, 0.15) is 29.9 Å². The highest BCUT2D eigenvalue weighted by molar-refractivity contribution is 6.29. The zero-order chi connectivity index (χ0) is 19.8. The number of hydrogen-bond acceptors (Lipinski definition) is 5. The fourth-order valence-electron chi connectivity index (χ4n) is 3.53. The minimum Gasteiger partial charge on any atom is -0.496 e. The first kappa shape index (κ1) is 17.9. The maximum Gasteiger partial charge on any atom is 0.162 e. The molecule has 3 aromatic heterocycles. The number of benzene rings is 1. The number of methoxy groups -OCH3 is 1. The van der Waals surface area contributed by atoms with Crippen LogP contribution in [0, 0.1) is 0 Å². The summed E-state index contributed by atoms with van der Waals surface area (Å²) in [5, 5.41) is 8.42. The molecule has 0 bridgehead atoms. The highest BCUT2D eigenvalue weighted by atomic mass is 35.5. The van der Waals surface area contributed by atoms with Crippen molar-refractivity contribution in [2.24, 2.45) is 0 Å². The van der Waals surface area contributed by atoms with Gasteiger partial charge in [0, 0.05) is 29.9 Å². The number of ether oxygens (including phenoxy) is 1. The van der Waals surface area contributed by atoms with Gasteiger partial charge in [-0.15, -0.1) is 0 Å². The molecule has 1 fully saturated rings. The SMILES string of the molecule is COc1cc(CNc2cc(Cl)nc3c(C4CC4)cnn23)ccc1-c1ccccn1. The van der Waals surface area contributed by atoms with Crippen molar-refractivity contribution in [2.75, 3.05) is 12.4 Å². The largest absolute Gasteiger partial charge is 0.496 e. The Balaban J connectivity index is 1.42. The lowest BCUT2D eigenvalue weighted by molar-refractivity contribution is 0.416. The molecule has 0 saturated heterocycles. The molecule has 7 heteroatoms. The molecule has 29 heavy (non-hydrogen) atoms. The first-order valence-electron chi connectivity index (χ1n) is 9.59. The zero-order valence-electron chi connectivity index (χ0n) is 16.0. The van der Waals surface area contributed by atoms with Crippen molar-refractivity contribution in [3.8, 4) is 17.0 Å². The van der Waals surface area contributed by atoms with E-state index in [-0.39, 0.29) is 0 Å². The van der Waals surface area contributed by atoms with E-state index in [0.717, 1.165) is 34.0 Å². The predicted molar refractivity (Wildman–Crippen MR) is 114 cm³/mol. The standard InChI is InChI=1S/C22H20ClN5O/c1-29-19-10-14(5-8-16(19)18-4-2-3-9-24-18)12-25-21-11-20(23)27-22-17(15-6-7-15)13-26-28(21)22/h2-5,8-11,13,15,25H,6-7,12H2,1H3. The van der Waals surface area contributed by atoms with E-state index in [0.29, 0.717) is 17.6 Å². The van der Waals surface area contributed by atoms with Crippen LogP contribution in [-0.2, 0) is 6.54 Å². The van der Waals surface area contributed by atoms with Gasteiger partial charge in [-0.1, -0.05) is 23.7 Å². The van der Waals surface area contributed by atoms with Crippen molar-refractivity contribution in [2.45, 2.75) is 25.3 Å². The molecular formula is C22H20ClN5O. The lowest BCUT2D eigenvalue weighted by Gasteiger charge is -2.12. The van der Waals surface area contributed by atoms with E-state index in [9.17, 15) is 0 Å². The van der Waals surface area contributed by atoms with E-state index >= 15 is 0 Å². The normalized spacial score (nSPS) is 13.6. The van der Waals surface area contributed by atoms with Crippen molar-refractivity contribution in [3.05, 3.63) is 71.1 Å². The van der Waals surface area contributed by atoms with Gasteiger partial charge in [0.2, 0.25) is 0 Å². The summed E-state index contributed by atoms with van der Waals surface area (Å²) in [6.45, 7) is 0.604. The summed E-state index contributed by atoms with van der Waals surface area (Å²) in [6.07, 6.45) is 6.08. The second-order valence-corrected chi connectivity index (χ2v) is 7.56. The molecule has 0 unspecified atom stereocenters. The van der Waals surface area contributed by atoms with Gasteiger partial charge in [0.15, 0.2) is 5.65 Å². The Hall–Kier alpha value is -3.12. The molecule has 1 saturated carbocycles. The molecule has 4 aromatic rings. The molecule has 3 heterocycles. The topological polar surface area (TPSA) is 64.3 Å². The number of anilines is 1. The Kier molecular flexibility index (Phi) is 4.56. The van der Waals surface area contributed by atoms with Crippen LogP contribution in [0.15, 0.2) is 54.9 Å². The van der Waals surface area contributed by atoms with Gasteiger partial charge in [0.05, 0.1) is 19.0 Å². The summed E-state index contributed by atoms with van der Waals surface area (Å²) in [7, 11) is 1.67. The molecule has 6 nitrogen and oxygen atoms in total. The number of pyridine rings is 1. The van der Waals surface area contributed by atoms with Crippen LogP contribution < -0.4 is 10.1 Å². The molecule has 5 rings (SSSR count). The minimum absolute atomic E-state index is 0.463. The van der Waals surface area contributed by atoms with E-state index < -0.39 is 0 Å². The van der Waals surface area contributed by atoms with Crippen molar-refractivity contribution in [3.63, 3.8) is 0 Å². The predicted octanol–water partition coefficient (Wildman–Crippen LogP) is 4.94. The molecule has 0 radical (unpaired) electrons. The van der Waals surface area contributed by atoms with Crippen LogP contribution >= 0.6 is 11.6 Å². The molecule has 1 N–H and O–H groups in total. The van der Waals surface area contributed by atoms with Gasteiger partial charge in [-0.25, -0.2) is 4.98 Å². The van der Waals surface area contributed by atoms with Gasteiger partial charge < -0.3 is 10.1 Å². The average molecular weight is 406 g/mol. The van der Waals surface area contributed by atoms with Crippen molar-refractivity contribution in [1.29, 1.82) is 0 Å². The summed E-state index contributed by atoms with van der Waals surface area (Å²) >= 11 is 6.28. The summed E-state index contributed by atoms with van der Waals surface area (Å²) in [5.41, 5.74) is 4.95. The number of nitrogens with zero attached hydrogens (tertiary/aromatic N) is 4. The van der Waals surface area contributed by atoms with Gasteiger partial charge in [-0.05, 0) is 48.6 Å². The minimum atomic E-state index is 0.463. The van der Waals surface area contributed by atoms with Crippen molar-refractivity contribution in [1.82, 2.24) is 19.6 Å². The highest BCUT2D eigenvalue weighted by Crippen LogP contribution is 2.42. The number of rotatable bonds is 6. The molecule has 0 atom stereocenters.